The molecule has 10 nitrogen and oxygen atoms in total. The molecule has 202 valence electrons. The zero-order valence-corrected chi connectivity index (χ0v) is 21.0. The van der Waals surface area contributed by atoms with Crippen molar-refractivity contribution in [2.45, 2.75) is 43.9 Å². The summed E-state index contributed by atoms with van der Waals surface area (Å²) in [6, 6.07) is 8.75. The maximum Gasteiger partial charge on any atom is 0.264 e. The van der Waals surface area contributed by atoms with E-state index in [9.17, 15) is 23.5 Å². The van der Waals surface area contributed by atoms with Crippen LogP contribution in [-0.2, 0) is 11.3 Å². The molecule has 4 heterocycles. The van der Waals surface area contributed by atoms with Gasteiger partial charge in [0.2, 0.25) is 5.91 Å². The quantitative estimate of drug-likeness (QED) is 0.390. The summed E-state index contributed by atoms with van der Waals surface area (Å²) < 4.78 is 29.2. The van der Waals surface area contributed by atoms with E-state index in [0.717, 1.165) is 6.20 Å². The number of hydrogen-bond donors (Lipinski definition) is 2. The van der Waals surface area contributed by atoms with Gasteiger partial charge >= 0.3 is 0 Å². The number of nitrogens with zero attached hydrogens (tertiary/aromatic N) is 6. The third-order valence-electron chi connectivity index (χ3n) is 7.66. The third kappa shape index (κ3) is 4.99. The molecule has 4 aromatic rings. The number of anilines is 1. The van der Waals surface area contributed by atoms with Crippen LogP contribution in [0.25, 0.3) is 16.7 Å². The van der Waals surface area contributed by atoms with Crippen LogP contribution < -0.4 is 10.9 Å². The molecule has 1 aromatic carbocycles. The van der Waals surface area contributed by atoms with Crippen molar-refractivity contribution in [2.24, 2.45) is 5.92 Å². The first-order valence-electron chi connectivity index (χ1n) is 12.9. The van der Waals surface area contributed by atoms with Gasteiger partial charge in [-0.3, -0.25) is 14.2 Å². The standard InChI is InChI=1S/C27H27F2N7O3/c28-18-1-4-21(5-2-18)36-24-22(14-32-36)26(38)35(16-31-24)15-27(39)7-9-34(10-8-27)25(37)17-11-20(12-17)33-23-6-3-19(29)13-30-23/h1-6,13-14,16-17,20,39H,7-12,15H2,(H,30,33)/t17-,20-. The smallest absolute Gasteiger partial charge is 0.264 e. The zero-order chi connectivity index (χ0) is 27.1. The van der Waals surface area contributed by atoms with Gasteiger partial charge in [0.15, 0.2) is 5.65 Å². The van der Waals surface area contributed by atoms with Gasteiger partial charge in [0, 0.05) is 25.0 Å². The van der Waals surface area contributed by atoms with Gasteiger partial charge < -0.3 is 15.3 Å². The molecular weight excluding hydrogens is 508 g/mol. The Balaban J connectivity index is 1.05. The second-order valence-electron chi connectivity index (χ2n) is 10.4. The molecule has 1 amide bonds. The van der Waals surface area contributed by atoms with Crippen molar-refractivity contribution >= 4 is 22.8 Å². The van der Waals surface area contributed by atoms with Crippen molar-refractivity contribution in [1.82, 2.24) is 29.2 Å². The number of carbonyl (C=O) groups excluding carboxylic acids is 1. The van der Waals surface area contributed by atoms with E-state index in [1.54, 1.807) is 23.1 Å². The first kappa shape index (κ1) is 25.1. The number of aromatic nitrogens is 5. The van der Waals surface area contributed by atoms with Crippen LogP contribution in [-0.4, -0.2) is 65.0 Å². The molecule has 1 aliphatic heterocycles. The summed E-state index contributed by atoms with van der Waals surface area (Å²) in [6.07, 6.45) is 5.98. The number of fused-ring (bicyclic) bond motifs is 1. The monoisotopic (exact) mass is 535 g/mol. The fourth-order valence-corrected chi connectivity index (χ4v) is 5.32. The lowest BCUT2D eigenvalue weighted by atomic mass is 9.78. The molecule has 2 aliphatic rings. The van der Waals surface area contributed by atoms with Crippen LogP contribution in [0.5, 0.6) is 0 Å². The van der Waals surface area contributed by atoms with Gasteiger partial charge in [-0.2, -0.15) is 5.10 Å². The number of benzene rings is 1. The Morgan fingerprint density at radius 3 is 2.44 bits per heavy atom. The molecule has 1 saturated carbocycles. The number of aliphatic hydroxyl groups is 1. The van der Waals surface area contributed by atoms with E-state index in [-0.39, 0.29) is 35.8 Å². The minimum Gasteiger partial charge on any atom is -0.388 e. The predicted octanol–water partition coefficient (Wildman–Crippen LogP) is 2.50. The summed E-state index contributed by atoms with van der Waals surface area (Å²) in [7, 11) is 0. The van der Waals surface area contributed by atoms with E-state index in [2.05, 4.69) is 20.4 Å². The predicted molar refractivity (Wildman–Crippen MR) is 138 cm³/mol. The molecule has 12 heteroatoms. The lowest BCUT2D eigenvalue weighted by Crippen LogP contribution is -2.53. The minimum absolute atomic E-state index is 0.0542. The van der Waals surface area contributed by atoms with Gasteiger partial charge in [-0.25, -0.2) is 23.4 Å². The number of piperidine rings is 1. The van der Waals surface area contributed by atoms with Gasteiger partial charge in [-0.1, -0.05) is 0 Å². The van der Waals surface area contributed by atoms with Crippen molar-refractivity contribution in [3.8, 4) is 5.69 Å². The maximum atomic E-state index is 13.3. The van der Waals surface area contributed by atoms with Gasteiger partial charge in [0.25, 0.3) is 5.56 Å². The van der Waals surface area contributed by atoms with Crippen molar-refractivity contribution in [2.75, 3.05) is 18.4 Å². The highest BCUT2D eigenvalue weighted by molar-refractivity contribution is 5.80. The van der Waals surface area contributed by atoms with Crippen molar-refractivity contribution in [3.05, 3.63) is 77.1 Å². The number of pyridine rings is 1. The Morgan fingerprint density at radius 2 is 1.74 bits per heavy atom. The molecule has 1 saturated heterocycles. The van der Waals surface area contributed by atoms with E-state index < -0.39 is 11.4 Å². The topological polar surface area (TPSA) is 118 Å². The molecule has 1 aliphatic carbocycles. The number of carbonyl (C=O) groups is 1. The molecule has 2 N–H and O–H groups in total. The van der Waals surface area contributed by atoms with Gasteiger partial charge in [-0.05, 0) is 62.1 Å². The van der Waals surface area contributed by atoms with Crippen molar-refractivity contribution in [1.29, 1.82) is 0 Å². The second-order valence-corrected chi connectivity index (χ2v) is 10.4. The van der Waals surface area contributed by atoms with Gasteiger partial charge in [0.1, 0.15) is 29.2 Å². The van der Waals surface area contributed by atoms with Crippen molar-refractivity contribution in [3.63, 3.8) is 0 Å². The van der Waals surface area contributed by atoms with Crippen LogP contribution in [0.3, 0.4) is 0 Å². The van der Waals surface area contributed by atoms with Crippen LogP contribution in [0.2, 0.25) is 0 Å². The summed E-state index contributed by atoms with van der Waals surface area (Å²) in [5.74, 6) is -0.218. The number of halogens is 2. The van der Waals surface area contributed by atoms with Crippen molar-refractivity contribution < 1.29 is 18.7 Å². The lowest BCUT2D eigenvalue weighted by molar-refractivity contribution is -0.143. The highest BCUT2D eigenvalue weighted by Crippen LogP contribution is 2.33. The summed E-state index contributed by atoms with van der Waals surface area (Å²) in [6.45, 7) is 0.853. The highest BCUT2D eigenvalue weighted by Gasteiger charge is 2.40. The Labute approximate surface area is 221 Å². The van der Waals surface area contributed by atoms with E-state index in [1.807, 2.05) is 0 Å². The summed E-state index contributed by atoms with van der Waals surface area (Å²) in [4.78, 5) is 36.3. The molecule has 0 spiro atoms. The van der Waals surface area contributed by atoms with Crippen LogP contribution in [0.4, 0.5) is 14.6 Å². The second kappa shape index (κ2) is 9.84. The van der Waals surface area contributed by atoms with E-state index >= 15 is 0 Å². The number of amides is 1. The molecule has 0 unspecified atom stereocenters. The Bertz CT molecular complexity index is 1560. The van der Waals surface area contributed by atoms with Crippen LogP contribution in [0, 0.1) is 17.6 Å². The molecule has 0 bridgehead atoms. The average molecular weight is 536 g/mol. The Hall–Kier alpha value is -4.19. The number of likely N-dealkylation sites (tertiary alicyclic amines) is 1. The number of nitrogens with one attached hydrogen (secondary N) is 1. The third-order valence-corrected chi connectivity index (χ3v) is 7.66. The van der Waals surface area contributed by atoms with Gasteiger partial charge in [0.05, 0.1) is 30.2 Å². The number of hydrogen-bond acceptors (Lipinski definition) is 7. The van der Waals surface area contributed by atoms with E-state index in [0.29, 0.717) is 61.3 Å². The average Bonchev–Trinajstić information content (AvgIpc) is 3.34. The fourth-order valence-electron chi connectivity index (χ4n) is 5.32. The summed E-state index contributed by atoms with van der Waals surface area (Å²) in [5.41, 5.74) is -0.559. The fraction of sp³-hybridized carbons (Fsp3) is 0.370. The maximum absolute atomic E-state index is 13.3. The molecule has 39 heavy (non-hydrogen) atoms. The number of rotatable bonds is 6. The summed E-state index contributed by atoms with van der Waals surface area (Å²) >= 11 is 0. The van der Waals surface area contributed by atoms with Crippen LogP contribution >= 0.6 is 0 Å². The first-order chi connectivity index (χ1) is 18.8. The Kier molecular flexibility index (Phi) is 6.34. The SMILES string of the molecule is O=c1c2cnn(-c3ccc(F)cc3)c2ncn1CC1(O)CCN(C(=O)[C@H]2C[C@H](Nc3ccc(F)cn3)C2)CC1. The molecule has 0 atom stereocenters. The zero-order valence-electron chi connectivity index (χ0n) is 21.0. The van der Waals surface area contributed by atoms with E-state index in [4.69, 9.17) is 0 Å². The summed E-state index contributed by atoms with van der Waals surface area (Å²) in [5, 5.41) is 19.0. The van der Waals surface area contributed by atoms with Crippen LogP contribution in [0.1, 0.15) is 25.7 Å². The normalized spacial score (nSPS) is 20.5. The van der Waals surface area contributed by atoms with Crippen LogP contribution in [0.15, 0.2) is 59.9 Å². The highest BCUT2D eigenvalue weighted by atomic mass is 19.1. The molecule has 2 fully saturated rings. The van der Waals surface area contributed by atoms with E-state index in [1.165, 1.54) is 40.0 Å². The Morgan fingerprint density at radius 1 is 1.03 bits per heavy atom. The molecular formula is C27H27F2N7O3. The largest absolute Gasteiger partial charge is 0.388 e. The molecule has 6 rings (SSSR count). The molecule has 0 radical (unpaired) electrons. The van der Waals surface area contributed by atoms with Gasteiger partial charge in [-0.15, -0.1) is 0 Å². The molecule has 3 aromatic heterocycles. The minimum atomic E-state index is -1.15. The first-order valence-corrected chi connectivity index (χ1v) is 12.9. The lowest BCUT2D eigenvalue weighted by Gasteiger charge is -2.42.